The van der Waals surface area contributed by atoms with Crippen LogP contribution in [0.25, 0.3) is 0 Å². The molecular formula is C20H40OS. The van der Waals surface area contributed by atoms with Gasteiger partial charge in [-0.05, 0) is 18.6 Å². The molecule has 2 heteroatoms. The van der Waals surface area contributed by atoms with Crippen molar-refractivity contribution in [2.24, 2.45) is 0 Å². The topological polar surface area (TPSA) is 9.23 Å². The summed E-state index contributed by atoms with van der Waals surface area (Å²) < 4.78 is 5.44. The molecular weight excluding hydrogens is 288 g/mol. The summed E-state index contributed by atoms with van der Waals surface area (Å²) in [4.78, 5) is 0. The van der Waals surface area contributed by atoms with E-state index in [0.29, 0.717) is 0 Å². The fourth-order valence-electron chi connectivity index (χ4n) is 2.76. The lowest BCUT2D eigenvalue weighted by Gasteiger charge is -2.05. The zero-order chi connectivity index (χ0) is 16.3. The van der Waals surface area contributed by atoms with E-state index in [0.717, 1.165) is 24.5 Å². The first-order chi connectivity index (χ1) is 10.8. The molecule has 22 heavy (non-hydrogen) atoms. The van der Waals surface area contributed by atoms with Crippen molar-refractivity contribution in [3.05, 3.63) is 0 Å². The molecule has 0 saturated carbocycles. The van der Waals surface area contributed by atoms with Crippen LogP contribution in [-0.2, 0) is 4.74 Å². The predicted molar refractivity (Wildman–Crippen MR) is 104 cm³/mol. The Morgan fingerprint density at radius 1 is 0.591 bits per heavy atom. The molecule has 0 saturated heterocycles. The first-order valence-corrected chi connectivity index (χ1v) is 10.4. The Morgan fingerprint density at radius 2 is 0.955 bits per heavy atom. The minimum Gasteiger partial charge on any atom is -0.487 e. The molecule has 0 atom stereocenters. The van der Waals surface area contributed by atoms with E-state index in [-0.39, 0.29) is 0 Å². The van der Waals surface area contributed by atoms with Gasteiger partial charge in [0.25, 0.3) is 0 Å². The Morgan fingerprint density at radius 3 is 1.32 bits per heavy atom. The van der Waals surface area contributed by atoms with Crippen LogP contribution in [0.15, 0.2) is 0 Å². The van der Waals surface area contributed by atoms with Crippen LogP contribution in [0.2, 0.25) is 0 Å². The molecule has 0 spiro atoms. The van der Waals surface area contributed by atoms with E-state index < -0.39 is 0 Å². The maximum Gasteiger partial charge on any atom is 0.159 e. The second kappa shape index (κ2) is 18.9. The van der Waals surface area contributed by atoms with E-state index in [1.54, 1.807) is 0 Å². The average molecular weight is 329 g/mol. The highest BCUT2D eigenvalue weighted by Gasteiger charge is 1.95. The summed E-state index contributed by atoms with van der Waals surface area (Å²) in [5.74, 6) is 0. The van der Waals surface area contributed by atoms with Crippen molar-refractivity contribution in [1.82, 2.24) is 0 Å². The molecule has 0 amide bonds. The van der Waals surface area contributed by atoms with Crippen molar-refractivity contribution in [2.45, 2.75) is 117 Å². The molecule has 132 valence electrons. The molecule has 1 nitrogen and oxygen atoms in total. The van der Waals surface area contributed by atoms with E-state index in [4.69, 9.17) is 17.0 Å². The van der Waals surface area contributed by atoms with Gasteiger partial charge in [0.2, 0.25) is 0 Å². The lowest BCUT2D eigenvalue weighted by atomic mass is 10.0. The Labute approximate surface area is 145 Å². The molecule has 0 aliphatic carbocycles. The Balaban J connectivity index is 2.98. The molecule has 0 fully saturated rings. The number of thiocarbonyl (C=S) groups is 1. The van der Waals surface area contributed by atoms with Crippen LogP contribution in [0.4, 0.5) is 0 Å². The summed E-state index contributed by atoms with van der Waals surface area (Å²) in [6.45, 7) is 5.16. The van der Waals surface area contributed by atoms with Crippen molar-refractivity contribution < 1.29 is 4.74 Å². The highest BCUT2D eigenvalue weighted by atomic mass is 32.1. The van der Waals surface area contributed by atoms with Gasteiger partial charge < -0.3 is 4.74 Å². The Hall–Kier alpha value is -0.110. The third-order valence-electron chi connectivity index (χ3n) is 4.30. The van der Waals surface area contributed by atoms with E-state index >= 15 is 0 Å². The average Bonchev–Trinajstić information content (AvgIpc) is 2.54. The summed E-state index contributed by atoms with van der Waals surface area (Å²) >= 11 is 5.04. The minimum atomic E-state index is 0.769. The number of rotatable bonds is 17. The lowest BCUT2D eigenvalue weighted by molar-refractivity contribution is 0.293. The van der Waals surface area contributed by atoms with Gasteiger partial charge in [-0.3, -0.25) is 0 Å². The van der Waals surface area contributed by atoms with Gasteiger partial charge in [0.15, 0.2) is 5.05 Å². The van der Waals surface area contributed by atoms with Gasteiger partial charge in [0, 0.05) is 6.42 Å². The number of hydrogen-bond donors (Lipinski definition) is 0. The van der Waals surface area contributed by atoms with Crippen LogP contribution in [0.5, 0.6) is 0 Å². The molecule has 0 aromatic heterocycles. The third kappa shape index (κ3) is 17.9. The van der Waals surface area contributed by atoms with E-state index in [1.165, 1.54) is 89.9 Å². The van der Waals surface area contributed by atoms with Gasteiger partial charge in [-0.25, -0.2) is 0 Å². The predicted octanol–water partition coefficient (Wildman–Crippen LogP) is 7.61. The lowest BCUT2D eigenvalue weighted by Crippen LogP contribution is -2.01. The van der Waals surface area contributed by atoms with Crippen LogP contribution < -0.4 is 0 Å². The van der Waals surface area contributed by atoms with Gasteiger partial charge in [0.1, 0.15) is 0 Å². The molecule has 0 aromatic carbocycles. The molecule has 0 rings (SSSR count). The second-order valence-corrected chi connectivity index (χ2v) is 6.98. The van der Waals surface area contributed by atoms with Gasteiger partial charge in [-0.2, -0.15) is 0 Å². The fourth-order valence-corrected chi connectivity index (χ4v) is 2.84. The molecule has 0 aliphatic rings. The molecule has 0 aliphatic heterocycles. The monoisotopic (exact) mass is 328 g/mol. The second-order valence-electron chi connectivity index (χ2n) is 6.52. The van der Waals surface area contributed by atoms with Crippen molar-refractivity contribution in [2.75, 3.05) is 6.61 Å². The number of hydrogen-bond acceptors (Lipinski definition) is 2. The van der Waals surface area contributed by atoms with Gasteiger partial charge >= 0.3 is 0 Å². The zero-order valence-corrected chi connectivity index (χ0v) is 16.2. The molecule has 0 radical (unpaired) electrons. The van der Waals surface area contributed by atoms with E-state index in [2.05, 4.69) is 13.8 Å². The van der Waals surface area contributed by atoms with Crippen LogP contribution in [0, 0.1) is 0 Å². The standard InChI is InChI=1S/C20H40OS/c1-3-5-6-7-8-9-10-11-12-13-14-15-16-17-18-19-21-20(22)4-2/h3-19H2,1-2H3. The SMILES string of the molecule is CCCCCCCCCCCCCCCCCOC(=S)CC. The maximum absolute atomic E-state index is 5.44. The van der Waals surface area contributed by atoms with Crippen LogP contribution in [-0.4, -0.2) is 11.7 Å². The first-order valence-electron chi connectivity index (χ1n) is 9.96. The normalized spacial score (nSPS) is 10.8. The van der Waals surface area contributed by atoms with Crippen LogP contribution >= 0.6 is 12.2 Å². The van der Waals surface area contributed by atoms with E-state index in [9.17, 15) is 0 Å². The smallest absolute Gasteiger partial charge is 0.159 e. The zero-order valence-electron chi connectivity index (χ0n) is 15.3. The van der Waals surface area contributed by atoms with Gasteiger partial charge in [0.05, 0.1) is 6.61 Å². The highest BCUT2D eigenvalue weighted by Crippen LogP contribution is 2.13. The van der Waals surface area contributed by atoms with E-state index in [1.807, 2.05) is 0 Å². The van der Waals surface area contributed by atoms with Gasteiger partial charge in [-0.1, -0.05) is 104 Å². The van der Waals surface area contributed by atoms with Crippen molar-refractivity contribution in [3.63, 3.8) is 0 Å². The van der Waals surface area contributed by atoms with Crippen molar-refractivity contribution in [3.8, 4) is 0 Å². The first kappa shape index (κ1) is 21.9. The Kier molecular flexibility index (Phi) is 18.8. The summed E-state index contributed by atoms with van der Waals surface area (Å²) in [5.41, 5.74) is 0. The molecule has 0 bridgehead atoms. The molecule has 0 aromatic rings. The van der Waals surface area contributed by atoms with Crippen LogP contribution in [0.3, 0.4) is 0 Å². The van der Waals surface area contributed by atoms with Crippen molar-refractivity contribution >= 4 is 17.3 Å². The van der Waals surface area contributed by atoms with Gasteiger partial charge in [-0.15, -0.1) is 0 Å². The van der Waals surface area contributed by atoms with Crippen LogP contribution in [0.1, 0.15) is 117 Å². The molecule has 0 heterocycles. The Bertz CT molecular complexity index is 228. The summed E-state index contributed by atoms with van der Waals surface area (Å²) in [6.07, 6.45) is 21.9. The largest absolute Gasteiger partial charge is 0.487 e. The maximum atomic E-state index is 5.44. The molecule has 0 unspecified atom stereocenters. The van der Waals surface area contributed by atoms with Crippen molar-refractivity contribution in [1.29, 1.82) is 0 Å². The highest BCUT2D eigenvalue weighted by molar-refractivity contribution is 7.80. The summed E-state index contributed by atoms with van der Waals surface area (Å²) in [5, 5.41) is 0.769. The summed E-state index contributed by atoms with van der Waals surface area (Å²) in [6, 6.07) is 0. The minimum absolute atomic E-state index is 0.769. The number of unbranched alkanes of at least 4 members (excludes halogenated alkanes) is 14. The number of ether oxygens (including phenoxy) is 1. The quantitative estimate of drug-likeness (QED) is 0.201. The molecule has 0 N–H and O–H groups in total. The third-order valence-corrected chi connectivity index (χ3v) is 4.71. The fraction of sp³-hybridized carbons (Fsp3) is 0.950. The summed E-state index contributed by atoms with van der Waals surface area (Å²) in [7, 11) is 0.